The van der Waals surface area contributed by atoms with Gasteiger partial charge in [-0.1, -0.05) is 13.0 Å². The minimum atomic E-state index is -0.315. The maximum absolute atomic E-state index is 9.97. The van der Waals surface area contributed by atoms with Crippen molar-refractivity contribution >= 4 is 0 Å². The molecule has 22 heavy (non-hydrogen) atoms. The van der Waals surface area contributed by atoms with Crippen molar-refractivity contribution in [2.45, 2.75) is 25.9 Å². The van der Waals surface area contributed by atoms with Gasteiger partial charge in [0, 0.05) is 23.6 Å². The highest BCUT2D eigenvalue weighted by molar-refractivity contribution is 5.51. The fourth-order valence-electron chi connectivity index (χ4n) is 2.95. The van der Waals surface area contributed by atoms with Crippen molar-refractivity contribution in [1.82, 2.24) is 0 Å². The molecular weight excluding hydrogens is 284 g/mol. The molecule has 1 aliphatic heterocycles. The average Bonchev–Trinajstić information content (AvgIpc) is 2.48. The van der Waals surface area contributed by atoms with E-state index in [0.29, 0.717) is 17.7 Å². The predicted molar refractivity (Wildman–Crippen MR) is 80.4 cm³/mol. The molecule has 0 saturated heterocycles. The number of rotatable bonds is 2. The Balaban J connectivity index is 2.02. The summed E-state index contributed by atoms with van der Waals surface area (Å²) in [5.41, 5.74) is 1.43. The van der Waals surface area contributed by atoms with Gasteiger partial charge in [0.05, 0.1) is 0 Å². The quantitative estimate of drug-likeness (QED) is 0.640. The van der Waals surface area contributed by atoms with Crippen molar-refractivity contribution in [3.63, 3.8) is 0 Å². The maximum Gasteiger partial charge on any atom is 0.157 e. The summed E-state index contributed by atoms with van der Waals surface area (Å²) >= 11 is 0. The monoisotopic (exact) mass is 302 g/mol. The van der Waals surface area contributed by atoms with Gasteiger partial charge in [0.25, 0.3) is 0 Å². The molecule has 3 rings (SSSR count). The smallest absolute Gasteiger partial charge is 0.157 e. The summed E-state index contributed by atoms with van der Waals surface area (Å²) in [7, 11) is 0. The standard InChI is InChI=1S/C17H18O5/c1-2-9-5-12-14(20)7-11(18)8-16(12)22-17(9)10-3-4-13(19)15(21)6-10/h3-4,6-9,17-21H,2,5H2,1H3/t9?,17-/m1/s1. The molecule has 0 saturated carbocycles. The van der Waals surface area contributed by atoms with Crippen LogP contribution in [0.4, 0.5) is 0 Å². The first-order valence-corrected chi connectivity index (χ1v) is 7.23. The van der Waals surface area contributed by atoms with Crippen LogP contribution < -0.4 is 4.74 Å². The third kappa shape index (κ3) is 2.39. The zero-order valence-corrected chi connectivity index (χ0v) is 12.2. The van der Waals surface area contributed by atoms with Crippen LogP contribution in [0.5, 0.6) is 28.7 Å². The van der Waals surface area contributed by atoms with Crippen molar-refractivity contribution < 1.29 is 25.2 Å². The van der Waals surface area contributed by atoms with Crippen LogP contribution in [0.15, 0.2) is 30.3 Å². The normalized spacial score (nSPS) is 20.2. The van der Waals surface area contributed by atoms with Crippen LogP contribution in [-0.4, -0.2) is 20.4 Å². The Morgan fingerprint density at radius 1 is 1.00 bits per heavy atom. The second kappa shape index (κ2) is 5.33. The van der Waals surface area contributed by atoms with E-state index in [1.165, 1.54) is 24.3 Å². The van der Waals surface area contributed by atoms with E-state index >= 15 is 0 Å². The van der Waals surface area contributed by atoms with E-state index in [4.69, 9.17) is 4.74 Å². The number of fused-ring (bicyclic) bond motifs is 1. The molecule has 4 N–H and O–H groups in total. The molecule has 0 amide bonds. The highest BCUT2D eigenvalue weighted by Crippen LogP contribution is 2.45. The first-order valence-electron chi connectivity index (χ1n) is 7.23. The van der Waals surface area contributed by atoms with Crippen LogP contribution in [-0.2, 0) is 6.42 Å². The topological polar surface area (TPSA) is 90.2 Å². The molecule has 0 radical (unpaired) electrons. The molecule has 2 atom stereocenters. The Morgan fingerprint density at radius 2 is 1.77 bits per heavy atom. The summed E-state index contributed by atoms with van der Waals surface area (Å²) in [4.78, 5) is 0. The van der Waals surface area contributed by atoms with Gasteiger partial charge in [-0.05, 0) is 30.5 Å². The molecular formula is C17H18O5. The zero-order chi connectivity index (χ0) is 15.9. The Labute approximate surface area is 128 Å². The van der Waals surface area contributed by atoms with Crippen molar-refractivity contribution in [2.24, 2.45) is 5.92 Å². The molecule has 5 heteroatoms. The number of ether oxygens (including phenoxy) is 1. The minimum Gasteiger partial charge on any atom is -0.508 e. The largest absolute Gasteiger partial charge is 0.508 e. The maximum atomic E-state index is 9.97. The fraction of sp³-hybridized carbons (Fsp3) is 0.294. The van der Waals surface area contributed by atoms with Gasteiger partial charge in [0.1, 0.15) is 23.4 Å². The lowest BCUT2D eigenvalue weighted by Gasteiger charge is -2.34. The number of phenolic OH excluding ortho intramolecular Hbond substituents is 4. The summed E-state index contributed by atoms with van der Waals surface area (Å²) in [5, 5.41) is 38.7. The molecule has 0 aliphatic carbocycles. The van der Waals surface area contributed by atoms with Crippen molar-refractivity contribution in [2.75, 3.05) is 0 Å². The number of benzene rings is 2. The second-order valence-corrected chi connectivity index (χ2v) is 5.60. The van der Waals surface area contributed by atoms with E-state index in [2.05, 4.69) is 0 Å². The highest BCUT2D eigenvalue weighted by atomic mass is 16.5. The fourth-order valence-corrected chi connectivity index (χ4v) is 2.95. The summed E-state index contributed by atoms with van der Waals surface area (Å²) in [6.07, 6.45) is 1.13. The molecule has 5 nitrogen and oxygen atoms in total. The van der Waals surface area contributed by atoms with E-state index in [1.54, 1.807) is 6.07 Å². The van der Waals surface area contributed by atoms with Crippen molar-refractivity contribution in [1.29, 1.82) is 0 Å². The van der Waals surface area contributed by atoms with Crippen LogP contribution >= 0.6 is 0 Å². The van der Waals surface area contributed by atoms with E-state index in [0.717, 1.165) is 12.0 Å². The van der Waals surface area contributed by atoms with Gasteiger partial charge in [0.15, 0.2) is 11.5 Å². The molecule has 1 heterocycles. The first-order chi connectivity index (χ1) is 10.5. The van der Waals surface area contributed by atoms with E-state index in [1.807, 2.05) is 6.92 Å². The van der Waals surface area contributed by atoms with Gasteiger partial charge < -0.3 is 25.2 Å². The highest BCUT2D eigenvalue weighted by Gasteiger charge is 2.32. The summed E-state index contributed by atoms with van der Waals surface area (Å²) in [6.45, 7) is 2.03. The van der Waals surface area contributed by atoms with Crippen LogP contribution in [0.2, 0.25) is 0 Å². The van der Waals surface area contributed by atoms with Gasteiger partial charge >= 0.3 is 0 Å². The third-order valence-electron chi connectivity index (χ3n) is 4.17. The summed E-state index contributed by atoms with van der Waals surface area (Å²) in [5.74, 6) is 0.161. The average molecular weight is 302 g/mol. The molecule has 0 fully saturated rings. The summed E-state index contributed by atoms with van der Waals surface area (Å²) in [6, 6.07) is 7.40. The number of hydrogen-bond acceptors (Lipinski definition) is 5. The Bertz CT molecular complexity index is 710. The van der Waals surface area contributed by atoms with E-state index < -0.39 is 0 Å². The lowest BCUT2D eigenvalue weighted by Crippen LogP contribution is -2.25. The second-order valence-electron chi connectivity index (χ2n) is 5.60. The van der Waals surface area contributed by atoms with Crippen molar-refractivity contribution in [3.8, 4) is 28.7 Å². The third-order valence-corrected chi connectivity index (χ3v) is 4.17. The molecule has 1 unspecified atom stereocenters. The molecule has 2 aromatic rings. The van der Waals surface area contributed by atoms with Gasteiger partial charge in [-0.3, -0.25) is 0 Å². The number of aromatic hydroxyl groups is 4. The van der Waals surface area contributed by atoms with E-state index in [9.17, 15) is 20.4 Å². The van der Waals surface area contributed by atoms with Gasteiger partial charge in [0.2, 0.25) is 0 Å². The Hall–Kier alpha value is -2.56. The molecule has 1 aliphatic rings. The van der Waals surface area contributed by atoms with Crippen LogP contribution in [0, 0.1) is 5.92 Å². The summed E-state index contributed by atoms with van der Waals surface area (Å²) < 4.78 is 5.97. The SMILES string of the molecule is CCC1Cc2c(O)cc(O)cc2O[C@H]1c1ccc(O)c(O)c1. The molecule has 0 aromatic heterocycles. The first kappa shape index (κ1) is 14.4. The predicted octanol–water partition coefficient (Wildman–Crippen LogP) is 3.21. The van der Waals surface area contributed by atoms with Crippen molar-refractivity contribution in [3.05, 3.63) is 41.5 Å². The molecule has 0 bridgehead atoms. The molecule has 2 aromatic carbocycles. The van der Waals surface area contributed by atoms with Gasteiger partial charge in [-0.15, -0.1) is 0 Å². The van der Waals surface area contributed by atoms with Gasteiger partial charge in [-0.2, -0.15) is 0 Å². The lowest BCUT2D eigenvalue weighted by atomic mass is 9.84. The molecule has 0 spiro atoms. The van der Waals surface area contributed by atoms with Gasteiger partial charge in [-0.25, -0.2) is 0 Å². The number of phenols is 4. The zero-order valence-electron chi connectivity index (χ0n) is 12.2. The van der Waals surface area contributed by atoms with Crippen LogP contribution in [0.1, 0.15) is 30.6 Å². The van der Waals surface area contributed by atoms with Crippen LogP contribution in [0.25, 0.3) is 0 Å². The van der Waals surface area contributed by atoms with Crippen LogP contribution in [0.3, 0.4) is 0 Å². The Kier molecular flexibility index (Phi) is 3.48. The van der Waals surface area contributed by atoms with E-state index in [-0.39, 0.29) is 35.0 Å². The lowest BCUT2D eigenvalue weighted by molar-refractivity contribution is 0.108. The minimum absolute atomic E-state index is 0.0282. The Morgan fingerprint density at radius 3 is 2.45 bits per heavy atom. The number of hydrogen-bond donors (Lipinski definition) is 4. The molecule has 116 valence electrons.